The molecule has 3 rings (SSSR count). The van der Waals surface area contributed by atoms with E-state index in [1.807, 2.05) is 12.1 Å². The second kappa shape index (κ2) is 5.69. The lowest BCUT2D eigenvalue weighted by atomic mass is 9.96. The summed E-state index contributed by atoms with van der Waals surface area (Å²) in [5.41, 5.74) is 1.89. The van der Waals surface area contributed by atoms with Crippen molar-refractivity contribution in [1.29, 1.82) is 0 Å². The number of urea groups is 1. The molecule has 0 spiro atoms. The lowest BCUT2D eigenvalue weighted by Crippen LogP contribution is -2.44. The Morgan fingerprint density at radius 2 is 2.23 bits per heavy atom. The summed E-state index contributed by atoms with van der Waals surface area (Å²) in [5, 5.41) is 14.5. The van der Waals surface area contributed by atoms with E-state index in [0.29, 0.717) is 23.6 Å². The summed E-state index contributed by atoms with van der Waals surface area (Å²) >= 11 is 0. The van der Waals surface area contributed by atoms with E-state index in [1.54, 1.807) is 19.2 Å². The number of nitrogens with one attached hydrogen (secondary N) is 2. The Bertz CT molecular complexity index is 656. The number of nitrogens with zero attached hydrogens (tertiary/aromatic N) is 1. The SMILES string of the molecule is COc1cccc([C@@H]2NC(=O)NC3=C2C(=O)N(CCO)C3)c1. The molecular formula is C15H17N3O4. The van der Waals surface area contributed by atoms with Crippen molar-refractivity contribution in [3.05, 3.63) is 41.1 Å². The maximum Gasteiger partial charge on any atom is 0.319 e. The van der Waals surface area contributed by atoms with Gasteiger partial charge in [-0.3, -0.25) is 4.79 Å². The third kappa shape index (κ3) is 2.39. The Hall–Kier alpha value is -2.54. The standard InChI is InChI=1S/C15H17N3O4/c1-22-10-4-2-3-9(7-10)13-12-11(16-15(21)17-13)8-18(5-6-19)14(12)20/h2-4,7,13,19H,5-6,8H2,1H3,(H2,16,17,21)/t13-/m0/s1. The van der Waals surface area contributed by atoms with Gasteiger partial charge in [0.15, 0.2) is 0 Å². The first-order chi connectivity index (χ1) is 10.6. The van der Waals surface area contributed by atoms with Gasteiger partial charge < -0.3 is 25.4 Å². The van der Waals surface area contributed by atoms with E-state index in [1.165, 1.54) is 4.90 Å². The van der Waals surface area contributed by atoms with Gasteiger partial charge in [-0.15, -0.1) is 0 Å². The van der Waals surface area contributed by atoms with E-state index < -0.39 is 6.04 Å². The van der Waals surface area contributed by atoms with Gasteiger partial charge in [-0.2, -0.15) is 0 Å². The number of benzene rings is 1. The van der Waals surface area contributed by atoms with Crippen molar-refractivity contribution in [3.63, 3.8) is 0 Å². The van der Waals surface area contributed by atoms with E-state index in [2.05, 4.69) is 10.6 Å². The predicted molar refractivity (Wildman–Crippen MR) is 78.1 cm³/mol. The highest BCUT2D eigenvalue weighted by atomic mass is 16.5. The second-order valence-corrected chi connectivity index (χ2v) is 5.15. The van der Waals surface area contributed by atoms with Crippen LogP contribution in [0.5, 0.6) is 5.75 Å². The van der Waals surface area contributed by atoms with Crippen molar-refractivity contribution in [3.8, 4) is 5.75 Å². The van der Waals surface area contributed by atoms with Crippen LogP contribution in [0.25, 0.3) is 0 Å². The summed E-state index contributed by atoms with van der Waals surface area (Å²) < 4.78 is 5.20. The molecular weight excluding hydrogens is 286 g/mol. The molecule has 1 aromatic carbocycles. The van der Waals surface area contributed by atoms with Crippen molar-refractivity contribution < 1.29 is 19.4 Å². The molecule has 0 saturated carbocycles. The van der Waals surface area contributed by atoms with Gasteiger partial charge in [-0.05, 0) is 17.7 Å². The topological polar surface area (TPSA) is 90.9 Å². The number of rotatable bonds is 4. The average Bonchev–Trinajstić information content (AvgIpc) is 2.83. The van der Waals surface area contributed by atoms with Gasteiger partial charge in [0.05, 0.1) is 37.6 Å². The van der Waals surface area contributed by atoms with Crippen molar-refractivity contribution in [1.82, 2.24) is 15.5 Å². The largest absolute Gasteiger partial charge is 0.497 e. The molecule has 7 heteroatoms. The summed E-state index contributed by atoms with van der Waals surface area (Å²) in [6.07, 6.45) is 0. The minimum atomic E-state index is -0.518. The molecule has 3 amide bonds. The van der Waals surface area contributed by atoms with Gasteiger partial charge in [0.1, 0.15) is 5.75 Å². The van der Waals surface area contributed by atoms with Crippen LogP contribution in [-0.2, 0) is 4.79 Å². The summed E-state index contributed by atoms with van der Waals surface area (Å²) in [4.78, 5) is 25.9. The van der Waals surface area contributed by atoms with Crippen molar-refractivity contribution >= 4 is 11.9 Å². The van der Waals surface area contributed by atoms with E-state index in [-0.39, 0.29) is 25.1 Å². The normalized spacial score (nSPS) is 20.6. The Kier molecular flexibility index (Phi) is 3.72. The van der Waals surface area contributed by atoms with Crippen molar-refractivity contribution in [2.75, 3.05) is 26.8 Å². The van der Waals surface area contributed by atoms with Gasteiger partial charge in [-0.1, -0.05) is 12.1 Å². The first kappa shape index (κ1) is 14.4. The monoisotopic (exact) mass is 303 g/mol. The van der Waals surface area contributed by atoms with Crippen LogP contribution in [0, 0.1) is 0 Å². The third-order valence-electron chi connectivity index (χ3n) is 3.82. The molecule has 7 nitrogen and oxygen atoms in total. The molecule has 2 aliphatic rings. The Morgan fingerprint density at radius 3 is 2.95 bits per heavy atom. The summed E-state index contributed by atoms with van der Waals surface area (Å²) in [7, 11) is 1.56. The van der Waals surface area contributed by atoms with Gasteiger partial charge in [-0.25, -0.2) is 4.79 Å². The quantitative estimate of drug-likeness (QED) is 0.738. The molecule has 116 valence electrons. The molecule has 1 atom stereocenters. The first-order valence-corrected chi connectivity index (χ1v) is 6.98. The number of carbonyl (C=O) groups is 2. The van der Waals surface area contributed by atoms with Crippen LogP contribution < -0.4 is 15.4 Å². The first-order valence-electron chi connectivity index (χ1n) is 6.98. The van der Waals surface area contributed by atoms with Crippen molar-refractivity contribution in [2.45, 2.75) is 6.04 Å². The predicted octanol–water partition coefficient (Wildman–Crippen LogP) is 0.138. The van der Waals surface area contributed by atoms with Crippen LogP contribution in [-0.4, -0.2) is 48.8 Å². The smallest absolute Gasteiger partial charge is 0.319 e. The van der Waals surface area contributed by atoms with Crippen molar-refractivity contribution in [2.24, 2.45) is 0 Å². The van der Waals surface area contributed by atoms with Gasteiger partial charge in [0.25, 0.3) is 5.91 Å². The minimum Gasteiger partial charge on any atom is -0.497 e. The minimum absolute atomic E-state index is 0.114. The third-order valence-corrected chi connectivity index (χ3v) is 3.82. The molecule has 0 aliphatic carbocycles. The van der Waals surface area contributed by atoms with Gasteiger partial charge in [0.2, 0.25) is 0 Å². The number of ether oxygens (including phenoxy) is 1. The zero-order valence-electron chi connectivity index (χ0n) is 12.1. The van der Waals surface area contributed by atoms with Crippen LogP contribution in [0.2, 0.25) is 0 Å². The van der Waals surface area contributed by atoms with E-state index in [0.717, 1.165) is 5.56 Å². The van der Waals surface area contributed by atoms with Crippen LogP contribution in [0.3, 0.4) is 0 Å². The Morgan fingerprint density at radius 1 is 1.41 bits per heavy atom. The fraction of sp³-hybridized carbons (Fsp3) is 0.333. The fourth-order valence-corrected chi connectivity index (χ4v) is 2.80. The lowest BCUT2D eigenvalue weighted by Gasteiger charge is -2.25. The molecule has 0 bridgehead atoms. The van der Waals surface area contributed by atoms with Crippen LogP contribution in [0.1, 0.15) is 11.6 Å². The van der Waals surface area contributed by atoms with E-state index in [4.69, 9.17) is 9.84 Å². The Balaban J connectivity index is 1.98. The average molecular weight is 303 g/mol. The number of carbonyl (C=O) groups excluding carboxylic acids is 2. The van der Waals surface area contributed by atoms with Crippen LogP contribution >= 0.6 is 0 Å². The molecule has 0 fully saturated rings. The summed E-state index contributed by atoms with van der Waals surface area (Å²) in [6.45, 7) is 0.437. The molecule has 3 N–H and O–H groups in total. The molecule has 0 saturated heterocycles. The fourth-order valence-electron chi connectivity index (χ4n) is 2.80. The Labute approximate surface area is 127 Å². The van der Waals surface area contributed by atoms with E-state index in [9.17, 15) is 9.59 Å². The molecule has 0 radical (unpaired) electrons. The molecule has 2 aliphatic heterocycles. The van der Waals surface area contributed by atoms with E-state index >= 15 is 0 Å². The second-order valence-electron chi connectivity index (χ2n) is 5.15. The highest BCUT2D eigenvalue weighted by molar-refractivity contribution is 6.01. The molecule has 1 aromatic rings. The number of amides is 3. The zero-order chi connectivity index (χ0) is 15.7. The zero-order valence-corrected chi connectivity index (χ0v) is 12.1. The number of aliphatic hydroxyl groups is 1. The summed E-state index contributed by atoms with van der Waals surface area (Å²) in [6, 6.07) is 6.39. The molecule has 0 unspecified atom stereocenters. The highest BCUT2D eigenvalue weighted by Crippen LogP contribution is 2.33. The molecule has 2 heterocycles. The number of hydrogen-bond acceptors (Lipinski definition) is 4. The maximum atomic E-state index is 12.5. The van der Waals surface area contributed by atoms with Crippen LogP contribution in [0.15, 0.2) is 35.5 Å². The van der Waals surface area contributed by atoms with Gasteiger partial charge in [0, 0.05) is 6.54 Å². The number of methoxy groups -OCH3 is 1. The maximum absolute atomic E-state index is 12.5. The van der Waals surface area contributed by atoms with Gasteiger partial charge >= 0.3 is 6.03 Å². The number of β-amino-alcohol motifs (C(OH)–C–C–N with tert-alkyl or cyclic N) is 1. The number of hydrogen-bond donors (Lipinski definition) is 3. The molecule has 22 heavy (non-hydrogen) atoms. The van der Waals surface area contributed by atoms with Crippen LogP contribution in [0.4, 0.5) is 4.79 Å². The molecule has 0 aromatic heterocycles. The lowest BCUT2D eigenvalue weighted by molar-refractivity contribution is -0.126. The summed E-state index contributed by atoms with van der Waals surface area (Å²) in [5.74, 6) is 0.481. The highest BCUT2D eigenvalue weighted by Gasteiger charge is 2.40. The number of aliphatic hydroxyl groups excluding tert-OH is 1.